The summed E-state index contributed by atoms with van der Waals surface area (Å²) in [6, 6.07) is 8.17. The predicted octanol–water partition coefficient (Wildman–Crippen LogP) is 3.51. The molecule has 1 fully saturated rings. The van der Waals surface area contributed by atoms with E-state index in [0.29, 0.717) is 0 Å². The molecule has 0 radical (unpaired) electrons. The number of hydrogen-bond donors (Lipinski definition) is 0. The minimum absolute atomic E-state index is 0.0289. The summed E-state index contributed by atoms with van der Waals surface area (Å²) in [5.74, 6) is 0. The number of benzene rings is 1. The van der Waals surface area contributed by atoms with Crippen LogP contribution in [0.15, 0.2) is 24.3 Å². The molecule has 1 aromatic carbocycles. The molecule has 0 saturated carbocycles. The number of rotatable bonds is 0. The van der Waals surface area contributed by atoms with Crippen LogP contribution < -0.4 is 0 Å². The van der Waals surface area contributed by atoms with Crippen molar-refractivity contribution in [2.45, 2.75) is 50.7 Å². The van der Waals surface area contributed by atoms with E-state index in [1.165, 1.54) is 5.56 Å². The van der Waals surface area contributed by atoms with Crippen LogP contribution in [-0.4, -0.2) is 11.8 Å². The van der Waals surface area contributed by atoms with E-state index in [1.54, 1.807) is 0 Å². The first kappa shape index (κ1) is 11.6. The van der Waals surface area contributed by atoms with Crippen molar-refractivity contribution in [1.29, 1.82) is 0 Å². The van der Waals surface area contributed by atoms with Crippen LogP contribution in [0.25, 0.3) is 0 Å². The molecule has 0 bridgehead atoms. The standard InChI is InChI=1S/C15H18O3/c1-13(2)9-14(3)15(4,18-12(16)17-14)11-8-6-5-7-10(11)13/h5-8H,9H2,1-4H3/t14-,15-/m1/s1. The first-order chi connectivity index (χ1) is 8.29. The molecule has 2 aliphatic rings. The third-order valence-electron chi connectivity index (χ3n) is 4.55. The van der Waals surface area contributed by atoms with Gasteiger partial charge in [0.1, 0.15) is 0 Å². The first-order valence-corrected chi connectivity index (χ1v) is 6.31. The van der Waals surface area contributed by atoms with Crippen LogP contribution in [0.3, 0.4) is 0 Å². The molecule has 3 heteroatoms. The molecule has 0 spiro atoms. The molecule has 0 amide bonds. The zero-order valence-electron chi connectivity index (χ0n) is 11.2. The van der Waals surface area contributed by atoms with Crippen LogP contribution in [0.5, 0.6) is 0 Å². The van der Waals surface area contributed by atoms with Gasteiger partial charge in [-0.3, -0.25) is 0 Å². The van der Waals surface area contributed by atoms with Gasteiger partial charge in [-0.05, 0) is 24.8 Å². The molecule has 1 aromatic rings. The topological polar surface area (TPSA) is 35.5 Å². The molecule has 1 heterocycles. The van der Waals surface area contributed by atoms with Crippen LogP contribution in [0.4, 0.5) is 4.79 Å². The Labute approximate surface area is 107 Å². The van der Waals surface area contributed by atoms with E-state index >= 15 is 0 Å². The van der Waals surface area contributed by atoms with E-state index in [9.17, 15) is 4.79 Å². The Morgan fingerprint density at radius 3 is 2.28 bits per heavy atom. The molecule has 18 heavy (non-hydrogen) atoms. The zero-order chi connectivity index (χ0) is 13.2. The van der Waals surface area contributed by atoms with Crippen molar-refractivity contribution in [2.24, 2.45) is 0 Å². The van der Waals surface area contributed by atoms with Gasteiger partial charge in [0, 0.05) is 12.0 Å². The Balaban J connectivity index is 2.29. The highest BCUT2D eigenvalue weighted by Crippen LogP contribution is 2.56. The molecule has 3 rings (SSSR count). The van der Waals surface area contributed by atoms with Crippen molar-refractivity contribution < 1.29 is 14.3 Å². The Kier molecular flexibility index (Phi) is 1.98. The maximum Gasteiger partial charge on any atom is 0.510 e. The van der Waals surface area contributed by atoms with Gasteiger partial charge in [-0.2, -0.15) is 0 Å². The van der Waals surface area contributed by atoms with Crippen LogP contribution in [0.1, 0.15) is 45.2 Å². The summed E-state index contributed by atoms with van der Waals surface area (Å²) >= 11 is 0. The van der Waals surface area contributed by atoms with E-state index in [1.807, 2.05) is 32.0 Å². The van der Waals surface area contributed by atoms with Crippen LogP contribution in [-0.2, 0) is 20.5 Å². The first-order valence-electron chi connectivity index (χ1n) is 6.31. The van der Waals surface area contributed by atoms with Gasteiger partial charge < -0.3 is 9.47 Å². The Morgan fingerprint density at radius 1 is 1.00 bits per heavy atom. The van der Waals surface area contributed by atoms with E-state index in [2.05, 4.69) is 19.9 Å². The third-order valence-corrected chi connectivity index (χ3v) is 4.55. The van der Waals surface area contributed by atoms with Crippen molar-refractivity contribution in [3.63, 3.8) is 0 Å². The summed E-state index contributed by atoms with van der Waals surface area (Å²) in [6.07, 6.45) is 0.201. The molecule has 1 aliphatic heterocycles. The van der Waals surface area contributed by atoms with E-state index in [-0.39, 0.29) is 5.41 Å². The maximum absolute atomic E-state index is 11.6. The van der Waals surface area contributed by atoms with Gasteiger partial charge in [-0.15, -0.1) is 0 Å². The van der Waals surface area contributed by atoms with Crippen molar-refractivity contribution >= 4 is 6.16 Å². The Hall–Kier alpha value is -1.51. The number of hydrogen-bond acceptors (Lipinski definition) is 3. The average Bonchev–Trinajstić information content (AvgIpc) is 2.48. The van der Waals surface area contributed by atoms with E-state index < -0.39 is 17.4 Å². The second-order valence-corrected chi connectivity index (χ2v) is 6.32. The molecule has 1 aliphatic carbocycles. The second kappa shape index (κ2) is 3.08. The molecule has 0 unspecified atom stereocenters. The molecule has 0 N–H and O–H groups in total. The van der Waals surface area contributed by atoms with E-state index in [0.717, 1.165) is 12.0 Å². The van der Waals surface area contributed by atoms with Crippen molar-refractivity contribution in [2.75, 3.05) is 0 Å². The lowest BCUT2D eigenvalue weighted by Gasteiger charge is -2.48. The summed E-state index contributed by atoms with van der Waals surface area (Å²) in [4.78, 5) is 11.6. The molecular formula is C15H18O3. The zero-order valence-corrected chi connectivity index (χ0v) is 11.2. The monoisotopic (exact) mass is 246 g/mol. The number of carbonyl (C=O) groups is 1. The lowest BCUT2D eigenvalue weighted by Crippen LogP contribution is -2.53. The van der Waals surface area contributed by atoms with Crippen molar-refractivity contribution in [1.82, 2.24) is 0 Å². The SMILES string of the molecule is CC1(C)C[C@@]2(C)OC(=O)O[C@]2(C)c2ccccc21. The lowest BCUT2D eigenvalue weighted by molar-refractivity contribution is -0.0582. The van der Waals surface area contributed by atoms with Gasteiger partial charge in [-0.25, -0.2) is 4.79 Å². The van der Waals surface area contributed by atoms with Crippen LogP contribution in [0.2, 0.25) is 0 Å². The average molecular weight is 246 g/mol. The largest absolute Gasteiger partial charge is 0.510 e. The van der Waals surface area contributed by atoms with Crippen molar-refractivity contribution in [3.8, 4) is 0 Å². The van der Waals surface area contributed by atoms with Gasteiger partial charge in [0.05, 0.1) is 0 Å². The third kappa shape index (κ3) is 1.22. The van der Waals surface area contributed by atoms with Crippen LogP contribution in [0, 0.1) is 0 Å². The highest BCUT2D eigenvalue weighted by atomic mass is 16.8. The minimum atomic E-state index is -0.684. The predicted molar refractivity (Wildman–Crippen MR) is 67.4 cm³/mol. The Morgan fingerprint density at radius 2 is 1.61 bits per heavy atom. The number of carbonyl (C=O) groups excluding carboxylic acids is 1. The maximum atomic E-state index is 11.6. The molecular weight excluding hydrogens is 228 g/mol. The highest BCUT2D eigenvalue weighted by Gasteiger charge is 2.63. The van der Waals surface area contributed by atoms with Gasteiger partial charge in [0.25, 0.3) is 0 Å². The normalized spacial score (nSPS) is 36.3. The molecule has 96 valence electrons. The summed E-state index contributed by atoms with van der Waals surface area (Å²) in [5.41, 5.74) is 0.995. The van der Waals surface area contributed by atoms with Crippen LogP contribution >= 0.6 is 0 Å². The van der Waals surface area contributed by atoms with Gasteiger partial charge >= 0.3 is 6.16 Å². The molecule has 2 atom stereocenters. The smallest absolute Gasteiger partial charge is 0.423 e. The molecule has 1 saturated heterocycles. The second-order valence-electron chi connectivity index (χ2n) is 6.32. The van der Waals surface area contributed by atoms with Gasteiger partial charge in [-0.1, -0.05) is 38.1 Å². The number of fused-ring (bicyclic) bond motifs is 3. The van der Waals surface area contributed by atoms with Gasteiger partial charge in [0.2, 0.25) is 0 Å². The summed E-state index contributed by atoms with van der Waals surface area (Å²) in [6.45, 7) is 8.28. The van der Waals surface area contributed by atoms with Gasteiger partial charge in [0.15, 0.2) is 11.2 Å². The Bertz CT molecular complexity index is 534. The minimum Gasteiger partial charge on any atom is -0.423 e. The summed E-state index contributed by atoms with van der Waals surface area (Å²) < 4.78 is 11.0. The highest BCUT2D eigenvalue weighted by molar-refractivity contribution is 5.66. The summed E-state index contributed by atoms with van der Waals surface area (Å²) in [5, 5.41) is 0. The number of ether oxygens (including phenoxy) is 2. The van der Waals surface area contributed by atoms with Crippen molar-refractivity contribution in [3.05, 3.63) is 35.4 Å². The molecule has 3 nitrogen and oxygen atoms in total. The summed E-state index contributed by atoms with van der Waals surface area (Å²) in [7, 11) is 0. The quantitative estimate of drug-likeness (QED) is 0.657. The fourth-order valence-corrected chi connectivity index (χ4v) is 3.55. The molecule has 0 aromatic heterocycles. The van der Waals surface area contributed by atoms with E-state index in [4.69, 9.17) is 9.47 Å². The fourth-order valence-electron chi connectivity index (χ4n) is 3.55. The fraction of sp³-hybridized carbons (Fsp3) is 0.533. The lowest BCUT2D eigenvalue weighted by atomic mass is 9.60.